The van der Waals surface area contributed by atoms with E-state index in [0.29, 0.717) is 18.0 Å². The minimum Gasteiger partial charge on any atom is -0.488 e. The van der Waals surface area contributed by atoms with Crippen LogP contribution in [-0.2, 0) is 20.9 Å². The summed E-state index contributed by atoms with van der Waals surface area (Å²) in [7, 11) is 1.27. The van der Waals surface area contributed by atoms with Gasteiger partial charge in [0, 0.05) is 17.1 Å². The highest BCUT2D eigenvalue weighted by atomic mass is 32.1. The Bertz CT molecular complexity index is 830. The van der Waals surface area contributed by atoms with Gasteiger partial charge in [-0.2, -0.15) is 0 Å². The lowest BCUT2D eigenvalue weighted by Gasteiger charge is -2.15. The molecular weight excluding hydrogens is 368 g/mol. The first-order valence-corrected chi connectivity index (χ1v) is 9.24. The van der Waals surface area contributed by atoms with Crippen molar-refractivity contribution in [2.75, 3.05) is 32.1 Å². The van der Waals surface area contributed by atoms with Gasteiger partial charge in [-0.3, -0.25) is 4.79 Å². The fourth-order valence-corrected chi connectivity index (χ4v) is 3.29. The number of nitrogens with one attached hydrogen (secondary N) is 1. The zero-order chi connectivity index (χ0) is 19.2. The van der Waals surface area contributed by atoms with E-state index in [4.69, 9.17) is 14.6 Å². The number of ether oxygens (including phenoxy) is 2. The first kappa shape index (κ1) is 18.9. The zero-order valence-electron chi connectivity index (χ0n) is 14.8. The number of methoxy groups -OCH3 is 1. The van der Waals surface area contributed by atoms with Gasteiger partial charge in [0.25, 0.3) is 5.91 Å². The van der Waals surface area contributed by atoms with Crippen molar-refractivity contribution < 1.29 is 24.2 Å². The van der Waals surface area contributed by atoms with Crippen LogP contribution in [0.15, 0.2) is 53.0 Å². The molecule has 0 saturated carbocycles. The van der Waals surface area contributed by atoms with Crippen molar-refractivity contribution in [3.8, 4) is 5.75 Å². The number of thiophene rings is 1. The number of β-amino-alcohol motifs (C(OH)–C–C–N with tert-alkyl or cyclic N) is 1. The van der Waals surface area contributed by atoms with Crippen LogP contribution in [0.1, 0.15) is 4.88 Å². The molecule has 1 aliphatic rings. The smallest absolute Gasteiger partial charge is 0.337 e. The van der Waals surface area contributed by atoms with Crippen molar-refractivity contribution in [2.45, 2.75) is 6.61 Å². The van der Waals surface area contributed by atoms with Crippen molar-refractivity contribution in [3.63, 3.8) is 0 Å². The van der Waals surface area contributed by atoms with E-state index in [-0.39, 0.29) is 36.9 Å². The number of hydrogen-bond donors (Lipinski definition) is 2. The van der Waals surface area contributed by atoms with Crippen LogP contribution >= 0.6 is 11.3 Å². The Hall–Kier alpha value is -2.84. The SMILES string of the molecule is COC(=O)C1=C(Nc2ccc(OCc3cccs3)cc2)C(=O)N(CCO)C1. The number of rotatable bonds is 8. The number of esters is 1. The van der Waals surface area contributed by atoms with Crippen LogP contribution in [0.25, 0.3) is 0 Å². The van der Waals surface area contributed by atoms with E-state index in [1.165, 1.54) is 12.0 Å². The number of benzene rings is 1. The first-order chi connectivity index (χ1) is 13.1. The van der Waals surface area contributed by atoms with Gasteiger partial charge >= 0.3 is 5.97 Å². The molecule has 3 rings (SSSR count). The summed E-state index contributed by atoms with van der Waals surface area (Å²) in [4.78, 5) is 27.0. The molecule has 142 valence electrons. The van der Waals surface area contributed by atoms with Gasteiger partial charge in [-0.05, 0) is 35.7 Å². The molecule has 1 aromatic carbocycles. The molecule has 7 nitrogen and oxygen atoms in total. The molecule has 1 amide bonds. The number of nitrogens with zero attached hydrogens (tertiary/aromatic N) is 1. The Balaban J connectivity index is 1.70. The van der Waals surface area contributed by atoms with Crippen molar-refractivity contribution in [1.29, 1.82) is 0 Å². The highest BCUT2D eigenvalue weighted by Crippen LogP contribution is 2.24. The summed E-state index contributed by atoms with van der Waals surface area (Å²) < 4.78 is 10.5. The van der Waals surface area contributed by atoms with E-state index < -0.39 is 5.97 Å². The Morgan fingerprint density at radius 1 is 1.30 bits per heavy atom. The number of carbonyl (C=O) groups is 2. The highest BCUT2D eigenvalue weighted by molar-refractivity contribution is 7.09. The minimum atomic E-state index is -0.567. The topological polar surface area (TPSA) is 88.1 Å². The number of anilines is 1. The van der Waals surface area contributed by atoms with Gasteiger partial charge in [-0.1, -0.05) is 6.07 Å². The van der Waals surface area contributed by atoms with Crippen molar-refractivity contribution in [1.82, 2.24) is 4.90 Å². The van der Waals surface area contributed by atoms with E-state index in [0.717, 1.165) is 4.88 Å². The van der Waals surface area contributed by atoms with Crippen LogP contribution in [0.5, 0.6) is 5.75 Å². The van der Waals surface area contributed by atoms with Gasteiger partial charge < -0.3 is 24.8 Å². The fourth-order valence-electron chi connectivity index (χ4n) is 2.68. The zero-order valence-corrected chi connectivity index (χ0v) is 15.6. The fraction of sp³-hybridized carbons (Fsp3) is 0.263. The van der Waals surface area contributed by atoms with Crippen molar-refractivity contribution in [2.24, 2.45) is 0 Å². The van der Waals surface area contributed by atoms with Crippen molar-refractivity contribution in [3.05, 3.63) is 57.9 Å². The molecule has 0 spiro atoms. The second-order valence-corrected chi connectivity index (χ2v) is 6.85. The van der Waals surface area contributed by atoms with Gasteiger partial charge in [0.05, 0.1) is 25.8 Å². The predicted octanol–water partition coefficient (Wildman–Crippen LogP) is 2.00. The standard InChI is InChI=1S/C19H20N2O5S/c1-25-19(24)16-11-21(8-9-22)18(23)17(16)20-13-4-6-14(7-5-13)26-12-15-3-2-10-27-15/h2-7,10,20,22H,8-9,11-12H2,1H3. The number of carbonyl (C=O) groups excluding carboxylic acids is 2. The largest absolute Gasteiger partial charge is 0.488 e. The average molecular weight is 388 g/mol. The quantitative estimate of drug-likeness (QED) is 0.673. The van der Waals surface area contributed by atoms with E-state index in [1.807, 2.05) is 17.5 Å². The third-order valence-corrected chi connectivity index (χ3v) is 4.89. The summed E-state index contributed by atoms with van der Waals surface area (Å²) in [6.45, 7) is 0.580. The average Bonchev–Trinajstić information content (AvgIpc) is 3.31. The number of aliphatic hydroxyl groups is 1. The number of amides is 1. The molecule has 0 atom stereocenters. The maximum atomic E-state index is 12.5. The van der Waals surface area contributed by atoms with E-state index in [2.05, 4.69) is 5.32 Å². The molecule has 2 heterocycles. The summed E-state index contributed by atoms with van der Waals surface area (Å²) in [5.74, 6) is -0.208. The number of hydrogen-bond acceptors (Lipinski definition) is 7. The maximum absolute atomic E-state index is 12.5. The molecule has 2 aromatic rings. The summed E-state index contributed by atoms with van der Waals surface area (Å²) in [6.07, 6.45) is 0. The third-order valence-electron chi connectivity index (χ3n) is 4.04. The molecule has 0 fully saturated rings. The van der Waals surface area contributed by atoms with Gasteiger partial charge in [-0.25, -0.2) is 4.79 Å². The summed E-state index contributed by atoms with van der Waals surface area (Å²) in [5.41, 5.74) is 1.06. The van der Waals surface area contributed by atoms with Gasteiger partial charge in [0.15, 0.2) is 0 Å². The monoisotopic (exact) mass is 388 g/mol. The van der Waals surface area contributed by atoms with Crippen molar-refractivity contribution >= 4 is 28.9 Å². The Morgan fingerprint density at radius 2 is 2.07 bits per heavy atom. The van der Waals surface area contributed by atoms with Crippen LogP contribution in [0, 0.1) is 0 Å². The molecule has 8 heteroatoms. The van der Waals surface area contributed by atoms with Gasteiger partial charge in [-0.15, -0.1) is 11.3 Å². The molecule has 0 aliphatic carbocycles. The van der Waals surface area contributed by atoms with Gasteiger partial charge in [0.1, 0.15) is 18.1 Å². The van der Waals surface area contributed by atoms with Crippen LogP contribution < -0.4 is 10.1 Å². The van der Waals surface area contributed by atoms with Crippen LogP contribution in [-0.4, -0.2) is 48.7 Å². The second kappa shape index (κ2) is 8.70. The molecule has 0 saturated heterocycles. The lowest BCUT2D eigenvalue weighted by atomic mass is 10.2. The lowest BCUT2D eigenvalue weighted by Crippen LogP contribution is -2.31. The Morgan fingerprint density at radius 3 is 2.70 bits per heavy atom. The minimum absolute atomic E-state index is 0.108. The van der Waals surface area contributed by atoms with Gasteiger partial charge in [0.2, 0.25) is 0 Å². The Kier molecular flexibility index (Phi) is 6.10. The molecular formula is C19H20N2O5S. The number of aliphatic hydroxyl groups excluding tert-OH is 1. The molecule has 1 aromatic heterocycles. The molecule has 2 N–H and O–H groups in total. The van der Waals surface area contributed by atoms with E-state index in [1.54, 1.807) is 35.6 Å². The molecule has 27 heavy (non-hydrogen) atoms. The highest BCUT2D eigenvalue weighted by Gasteiger charge is 2.34. The second-order valence-electron chi connectivity index (χ2n) is 5.81. The summed E-state index contributed by atoms with van der Waals surface area (Å²) in [5, 5.41) is 14.1. The lowest BCUT2D eigenvalue weighted by molar-refractivity contribution is -0.136. The first-order valence-electron chi connectivity index (χ1n) is 8.36. The van der Waals surface area contributed by atoms with Crippen LogP contribution in [0.2, 0.25) is 0 Å². The molecule has 1 aliphatic heterocycles. The third kappa shape index (κ3) is 4.47. The van der Waals surface area contributed by atoms with Crippen LogP contribution in [0.4, 0.5) is 5.69 Å². The summed E-state index contributed by atoms with van der Waals surface area (Å²) in [6, 6.07) is 11.1. The summed E-state index contributed by atoms with van der Waals surface area (Å²) >= 11 is 1.63. The maximum Gasteiger partial charge on any atom is 0.337 e. The molecule has 0 unspecified atom stereocenters. The normalized spacial score (nSPS) is 13.9. The van der Waals surface area contributed by atoms with E-state index in [9.17, 15) is 9.59 Å². The predicted molar refractivity (Wildman–Crippen MR) is 101 cm³/mol. The molecule has 0 radical (unpaired) electrons. The molecule has 0 bridgehead atoms. The van der Waals surface area contributed by atoms with Crippen LogP contribution in [0.3, 0.4) is 0 Å². The Labute approximate surface area is 160 Å². The van der Waals surface area contributed by atoms with E-state index >= 15 is 0 Å².